The maximum absolute atomic E-state index is 12.2. The van der Waals surface area contributed by atoms with Crippen molar-refractivity contribution in [3.63, 3.8) is 0 Å². The summed E-state index contributed by atoms with van der Waals surface area (Å²) in [7, 11) is 0. The van der Waals surface area contributed by atoms with E-state index in [4.69, 9.17) is 4.74 Å². The van der Waals surface area contributed by atoms with Crippen LogP contribution in [0.5, 0.6) is 0 Å². The summed E-state index contributed by atoms with van der Waals surface area (Å²) in [6, 6.07) is 0.0833. The number of carbonyl (C=O) groups excluding carboxylic acids is 1. The molecule has 0 aromatic carbocycles. The molecule has 2 aliphatic heterocycles. The Labute approximate surface area is 122 Å². The maximum Gasteiger partial charge on any atom is 0.239 e. The van der Waals surface area contributed by atoms with Gasteiger partial charge >= 0.3 is 0 Å². The molecule has 2 saturated heterocycles. The van der Waals surface area contributed by atoms with E-state index in [0.717, 1.165) is 65.3 Å². The predicted octanol–water partition coefficient (Wildman–Crippen LogP) is 0.341. The third-order valence-electron chi connectivity index (χ3n) is 3.80. The van der Waals surface area contributed by atoms with Crippen LogP contribution in [0.15, 0.2) is 0 Å². The van der Waals surface area contributed by atoms with Crippen molar-refractivity contribution >= 4 is 18.3 Å². The molecule has 1 atom stereocenters. The molecule has 2 rings (SSSR count). The maximum atomic E-state index is 12.2. The van der Waals surface area contributed by atoms with E-state index in [-0.39, 0.29) is 18.4 Å². The summed E-state index contributed by atoms with van der Waals surface area (Å²) < 4.78 is 5.36. The fraction of sp³-hybridized carbons (Fsp3) is 0.923. The molecule has 1 amide bonds. The number of hydrogen-bond donors (Lipinski definition) is 1. The molecule has 0 radical (unpaired) electrons. The number of hydrogen-bond acceptors (Lipinski definition) is 4. The number of nitrogens with zero attached hydrogens (tertiary/aromatic N) is 2. The number of carbonyl (C=O) groups is 1. The van der Waals surface area contributed by atoms with E-state index < -0.39 is 0 Å². The van der Waals surface area contributed by atoms with E-state index in [1.165, 1.54) is 0 Å². The molecule has 112 valence electrons. The third kappa shape index (κ3) is 4.91. The first-order valence-electron chi connectivity index (χ1n) is 7.13. The minimum Gasteiger partial charge on any atom is -0.380 e. The number of ether oxygens (including phenoxy) is 1. The van der Waals surface area contributed by atoms with Crippen molar-refractivity contribution in [3.8, 4) is 0 Å². The number of nitrogens with one attached hydrogen (secondary N) is 1. The van der Waals surface area contributed by atoms with Crippen LogP contribution < -0.4 is 5.32 Å². The number of rotatable bonds is 5. The Kier molecular flexibility index (Phi) is 7.68. The number of piperazine rings is 1. The van der Waals surface area contributed by atoms with Crippen LogP contribution >= 0.6 is 12.4 Å². The summed E-state index contributed by atoms with van der Waals surface area (Å²) in [5.74, 6) is 0.303. The molecule has 0 unspecified atom stereocenters. The van der Waals surface area contributed by atoms with Gasteiger partial charge in [0.1, 0.15) is 0 Å². The average Bonchev–Trinajstić information content (AvgIpc) is 2.93. The molecular formula is C13H26ClN3O2. The van der Waals surface area contributed by atoms with Gasteiger partial charge in [-0.05, 0) is 26.3 Å². The zero-order valence-electron chi connectivity index (χ0n) is 11.8. The molecule has 2 fully saturated rings. The summed E-state index contributed by atoms with van der Waals surface area (Å²) in [6.07, 6.45) is 2.13. The Morgan fingerprint density at radius 2 is 2.05 bits per heavy atom. The van der Waals surface area contributed by atoms with Gasteiger partial charge < -0.3 is 15.0 Å². The van der Waals surface area contributed by atoms with Gasteiger partial charge in [0.05, 0.1) is 12.6 Å². The highest BCUT2D eigenvalue weighted by Crippen LogP contribution is 2.10. The molecule has 2 heterocycles. The topological polar surface area (TPSA) is 44.8 Å². The van der Waals surface area contributed by atoms with E-state index in [2.05, 4.69) is 10.2 Å². The minimum absolute atomic E-state index is 0. The average molecular weight is 292 g/mol. The zero-order chi connectivity index (χ0) is 12.8. The van der Waals surface area contributed by atoms with Crippen LogP contribution in [0, 0.1) is 0 Å². The van der Waals surface area contributed by atoms with Gasteiger partial charge in [0.2, 0.25) is 5.91 Å². The Bertz CT molecular complexity index is 265. The monoisotopic (exact) mass is 291 g/mol. The van der Waals surface area contributed by atoms with Crippen LogP contribution in [0.4, 0.5) is 0 Å². The van der Waals surface area contributed by atoms with Gasteiger partial charge in [0.25, 0.3) is 0 Å². The van der Waals surface area contributed by atoms with Crippen molar-refractivity contribution in [3.05, 3.63) is 0 Å². The highest BCUT2D eigenvalue weighted by molar-refractivity contribution is 5.85. The molecule has 2 aliphatic rings. The lowest BCUT2D eigenvalue weighted by Crippen LogP contribution is -2.53. The van der Waals surface area contributed by atoms with Gasteiger partial charge in [0.15, 0.2) is 0 Å². The molecule has 5 nitrogen and oxygen atoms in total. The lowest BCUT2D eigenvalue weighted by atomic mass is 10.2. The fourth-order valence-electron chi connectivity index (χ4n) is 2.65. The summed E-state index contributed by atoms with van der Waals surface area (Å²) in [4.78, 5) is 16.6. The molecule has 0 spiro atoms. The number of halogens is 1. The van der Waals surface area contributed by atoms with Crippen LogP contribution in [0.25, 0.3) is 0 Å². The van der Waals surface area contributed by atoms with Gasteiger partial charge in [-0.25, -0.2) is 0 Å². The van der Waals surface area contributed by atoms with E-state index >= 15 is 0 Å². The fourth-order valence-corrected chi connectivity index (χ4v) is 2.65. The van der Waals surface area contributed by atoms with Crippen LogP contribution in [0.2, 0.25) is 0 Å². The summed E-state index contributed by atoms with van der Waals surface area (Å²) in [6.45, 7) is 9.26. The lowest BCUT2D eigenvalue weighted by molar-refractivity contribution is -0.134. The summed E-state index contributed by atoms with van der Waals surface area (Å²) >= 11 is 0. The molecule has 0 bridgehead atoms. The SMILES string of the molecule is CCOCCN1CCN(C(=O)[C@@H]2CCCN2)CC1.Cl. The molecule has 0 aliphatic carbocycles. The molecule has 0 saturated carbocycles. The molecule has 19 heavy (non-hydrogen) atoms. The zero-order valence-corrected chi connectivity index (χ0v) is 12.6. The van der Waals surface area contributed by atoms with Crippen molar-refractivity contribution in [1.82, 2.24) is 15.1 Å². The minimum atomic E-state index is 0. The van der Waals surface area contributed by atoms with E-state index in [1.54, 1.807) is 0 Å². The predicted molar refractivity (Wildman–Crippen MR) is 77.8 cm³/mol. The lowest BCUT2D eigenvalue weighted by Gasteiger charge is -2.35. The number of amides is 1. The Balaban J connectivity index is 0.00000180. The Morgan fingerprint density at radius 3 is 2.63 bits per heavy atom. The van der Waals surface area contributed by atoms with Crippen molar-refractivity contribution < 1.29 is 9.53 Å². The normalized spacial score (nSPS) is 24.3. The van der Waals surface area contributed by atoms with Gasteiger partial charge in [-0.2, -0.15) is 0 Å². The van der Waals surface area contributed by atoms with Crippen LogP contribution in [0.1, 0.15) is 19.8 Å². The molecule has 0 aromatic heterocycles. The Morgan fingerprint density at radius 1 is 1.32 bits per heavy atom. The van der Waals surface area contributed by atoms with Crippen molar-refractivity contribution in [1.29, 1.82) is 0 Å². The molecule has 1 N–H and O–H groups in total. The summed E-state index contributed by atoms with van der Waals surface area (Å²) in [5, 5.41) is 3.28. The standard InChI is InChI=1S/C13H25N3O2.ClH/c1-2-18-11-10-15-6-8-16(9-7-15)13(17)12-4-3-5-14-12;/h12,14H,2-11H2,1H3;1H/t12-;/m0./s1. The smallest absolute Gasteiger partial charge is 0.239 e. The van der Waals surface area contributed by atoms with Crippen LogP contribution in [-0.4, -0.2) is 74.2 Å². The van der Waals surface area contributed by atoms with Crippen molar-refractivity contribution in [2.75, 3.05) is 52.5 Å². The van der Waals surface area contributed by atoms with Gasteiger partial charge in [-0.15, -0.1) is 12.4 Å². The van der Waals surface area contributed by atoms with Crippen LogP contribution in [-0.2, 0) is 9.53 Å². The highest BCUT2D eigenvalue weighted by atomic mass is 35.5. The largest absolute Gasteiger partial charge is 0.380 e. The van der Waals surface area contributed by atoms with Gasteiger partial charge in [0, 0.05) is 39.3 Å². The van der Waals surface area contributed by atoms with E-state index in [9.17, 15) is 4.79 Å². The first-order chi connectivity index (χ1) is 8.81. The first kappa shape index (κ1) is 16.7. The van der Waals surface area contributed by atoms with E-state index in [1.807, 2.05) is 11.8 Å². The molecule has 6 heteroatoms. The molecule has 0 aromatic rings. The van der Waals surface area contributed by atoms with Crippen molar-refractivity contribution in [2.45, 2.75) is 25.8 Å². The third-order valence-corrected chi connectivity index (χ3v) is 3.80. The highest BCUT2D eigenvalue weighted by Gasteiger charge is 2.28. The second kappa shape index (κ2) is 8.74. The van der Waals surface area contributed by atoms with Crippen LogP contribution in [0.3, 0.4) is 0 Å². The molecular weight excluding hydrogens is 266 g/mol. The second-order valence-corrected chi connectivity index (χ2v) is 5.01. The van der Waals surface area contributed by atoms with Gasteiger partial charge in [-0.3, -0.25) is 9.69 Å². The second-order valence-electron chi connectivity index (χ2n) is 5.01. The van der Waals surface area contributed by atoms with E-state index in [0.29, 0.717) is 5.91 Å². The van der Waals surface area contributed by atoms with Gasteiger partial charge in [-0.1, -0.05) is 0 Å². The first-order valence-corrected chi connectivity index (χ1v) is 7.13. The van der Waals surface area contributed by atoms with Crippen molar-refractivity contribution in [2.24, 2.45) is 0 Å². The quantitative estimate of drug-likeness (QED) is 0.742. The summed E-state index contributed by atoms with van der Waals surface area (Å²) in [5.41, 5.74) is 0. The Hall–Kier alpha value is -0.360.